The Morgan fingerprint density at radius 3 is 2.46 bits per heavy atom. The molecule has 3 unspecified atom stereocenters. The van der Waals surface area contributed by atoms with E-state index in [0.717, 1.165) is 6.08 Å². The van der Waals surface area contributed by atoms with Crippen molar-refractivity contribution in [1.29, 1.82) is 0 Å². The maximum absolute atomic E-state index is 11.8. The number of ether oxygens (including phenoxy) is 4. The molecule has 0 aromatic heterocycles. The Kier molecular flexibility index (Phi) is 6.92. The first kappa shape index (κ1) is 18.6. The molecule has 0 aliphatic carbocycles. The van der Waals surface area contributed by atoms with Gasteiger partial charge in [-0.3, -0.25) is 0 Å². The predicted molar refractivity (Wildman–Crippen MR) is 81.4 cm³/mol. The molecule has 8 heteroatoms. The molecule has 8 nitrogen and oxygen atoms in total. The van der Waals surface area contributed by atoms with Gasteiger partial charge in [-0.15, -0.1) is 0 Å². The Morgan fingerprint density at radius 2 is 1.88 bits per heavy atom. The molecule has 2 N–H and O–H groups in total. The zero-order valence-corrected chi connectivity index (χ0v) is 13.3. The van der Waals surface area contributed by atoms with E-state index in [0.29, 0.717) is 26.1 Å². The molecule has 2 heterocycles. The predicted octanol–water partition coefficient (Wildman–Crippen LogP) is 0.0521. The summed E-state index contributed by atoms with van der Waals surface area (Å²) in [7, 11) is 0. The highest BCUT2D eigenvalue weighted by atomic mass is 16.6. The third kappa shape index (κ3) is 6.40. The molecule has 0 radical (unpaired) electrons. The fourth-order valence-corrected chi connectivity index (χ4v) is 2.00. The third-order valence-electron chi connectivity index (χ3n) is 3.52. The van der Waals surface area contributed by atoms with Gasteiger partial charge in [-0.2, -0.15) is 0 Å². The fraction of sp³-hybridized carbons (Fsp3) is 0.625. The highest BCUT2D eigenvalue weighted by Crippen LogP contribution is 2.32. The number of carbonyl (C=O) groups is 2. The van der Waals surface area contributed by atoms with E-state index in [9.17, 15) is 9.59 Å². The number of aliphatic hydroxyl groups is 1. The van der Waals surface area contributed by atoms with Gasteiger partial charge in [0.15, 0.2) is 0 Å². The van der Waals surface area contributed by atoms with Gasteiger partial charge in [-0.1, -0.05) is 0 Å². The van der Waals surface area contributed by atoms with Crippen molar-refractivity contribution in [3.63, 3.8) is 0 Å². The van der Waals surface area contributed by atoms with E-state index >= 15 is 0 Å². The van der Waals surface area contributed by atoms with E-state index in [1.165, 1.54) is 18.2 Å². The minimum Gasteiger partial charge on any atom is -0.478 e. The Morgan fingerprint density at radius 1 is 1.17 bits per heavy atom. The summed E-state index contributed by atoms with van der Waals surface area (Å²) in [5.41, 5.74) is -1.14. The maximum Gasteiger partial charge on any atom is 0.330 e. The summed E-state index contributed by atoms with van der Waals surface area (Å²) in [6, 6.07) is 0. The maximum atomic E-state index is 11.8. The SMILES string of the molecule is O=C(O)C=CC(C=CC(=O)OCCCCO)(OCC1CO1)C1CO1. The largest absolute Gasteiger partial charge is 0.478 e. The average molecular weight is 342 g/mol. The minimum absolute atomic E-state index is 0.0137. The summed E-state index contributed by atoms with van der Waals surface area (Å²) in [4.78, 5) is 22.6. The molecular weight excluding hydrogens is 320 g/mol. The minimum atomic E-state index is -1.14. The van der Waals surface area contributed by atoms with Crippen LogP contribution in [0, 0.1) is 0 Å². The highest BCUT2D eigenvalue weighted by molar-refractivity contribution is 5.83. The van der Waals surface area contributed by atoms with Crippen LogP contribution in [0.1, 0.15) is 12.8 Å². The van der Waals surface area contributed by atoms with Gasteiger partial charge in [0.05, 0.1) is 26.4 Å². The summed E-state index contributed by atoms with van der Waals surface area (Å²) >= 11 is 0. The summed E-state index contributed by atoms with van der Waals surface area (Å²) in [6.07, 6.45) is 5.76. The highest BCUT2D eigenvalue weighted by Gasteiger charge is 2.46. The first-order valence-electron chi connectivity index (χ1n) is 7.82. The van der Waals surface area contributed by atoms with Crippen LogP contribution in [0.3, 0.4) is 0 Å². The van der Waals surface area contributed by atoms with Crippen LogP contribution in [0.4, 0.5) is 0 Å². The zero-order valence-electron chi connectivity index (χ0n) is 13.3. The molecule has 2 aliphatic heterocycles. The van der Waals surface area contributed by atoms with E-state index in [1.807, 2.05) is 0 Å². The number of aliphatic hydroxyl groups excluding tert-OH is 1. The molecule has 0 spiro atoms. The van der Waals surface area contributed by atoms with E-state index in [-0.39, 0.29) is 32.0 Å². The lowest BCUT2D eigenvalue weighted by atomic mass is 9.98. The molecular formula is C16H22O8. The molecule has 134 valence electrons. The lowest BCUT2D eigenvalue weighted by Crippen LogP contribution is -2.36. The van der Waals surface area contributed by atoms with Crippen molar-refractivity contribution in [1.82, 2.24) is 0 Å². The average Bonchev–Trinajstić information content (AvgIpc) is 3.43. The summed E-state index contributed by atoms with van der Waals surface area (Å²) < 4.78 is 21.2. The van der Waals surface area contributed by atoms with Crippen LogP contribution < -0.4 is 0 Å². The molecule has 2 fully saturated rings. The molecule has 2 saturated heterocycles. The smallest absolute Gasteiger partial charge is 0.330 e. The van der Waals surface area contributed by atoms with Crippen molar-refractivity contribution in [3.05, 3.63) is 24.3 Å². The van der Waals surface area contributed by atoms with Crippen molar-refractivity contribution in [3.8, 4) is 0 Å². The Labute approximate surface area is 139 Å². The lowest BCUT2D eigenvalue weighted by Gasteiger charge is -2.25. The van der Waals surface area contributed by atoms with Gasteiger partial charge in [0.2, 0.25) is 0 Å². The van der Waals surface area contributed by atoms with Crippen LogP contribution in [0.2, 0.25) is 0 Å². The molecule has 3 atom stereocenters. The Balaban J connectivity index is 1.98. The molecule has 2 aliphatic rings. The van der Waals surface area contributed by atoms with Crippen molar-refractivity contribution < 1.29 is 38.7 Å². The number of hydrogen-bond acceptors (Lipinski definition) is 7. The van der Waals surface area contributed by atoms with Gasteiger partial charge in [0.25, 0.3) is 0 Å². The Hall–Kier alpha value is -1.74. The van der Waals surface area contributed by atoms with Crippen LogP contribution in [0.15, 0.2) is 24.3 Å². The molecule has 0 saturated carbocycles. The number of esters is 1. The van der Waals surface area contributed by atoms with E-state index in [4.69, 9.17) is 29.2 Å². The molecule has 0 aromatic carbocycles. The second-order valence-corrected chi connectivity index (χ2v) is 5.54. The number of unbranched alkanes of at least 4 members (excludes halogenated alkanes) is 1. The number of carboxylic acids is 1. The monoisotopic (exact) mass is 342 g/mol. The topological polar surface area (TPSA) is 118 Å². The molecule has 0 amide bonds. The van der Waals surface area contributed by atoms with E-state index < -0.39 is 17.5 Å². The van der Waals surface area contributed by atoms with Gasteiger partial charge in [0, 0.05) is 18.8 Å². The van der Waals surface area contributed by atoms with Gasteiger partial charge < -0.3 is 29.2 Å². The van der Waals surface area contributed by atoms with Gasteiger partial charge in [-0.25, -0.2) is 9.59 Å². The van der Waals surface area contributed by atoms with Gasteiger partial charge in [-0.05, 0) is 25.0 Å². The number of aliphatic carboxylic acids is 1. The summed E-state index contributed by atoms with van der Waals surface area (Å²) in [5, 5.41) is 17.5. The van der Waals surface area contributed by atoms with Crippen LogP contribution in [0.25, 0.3) is 0 Å². The van der Waals surface area contributed by atoms with Gasteiger partial charge in [0.1, 0.15) is 17.8 Å². The molecule has 0 bridgehead atoms. The standard InChI is InChI=1S/C16H22O8/c17-7-1-2-8-21-15(20)4-6-16(13-11-23-13,5-3-14(18)19)24-10-12-9-22-12/h3-6,12-13,17H,1-2,7-11H2,(H,18,19). The van der Waals surface area contributed by atoms with Crippen LogP contribution in [0.5, 0.6) is 0 Å². The van der Waals surface area contributed by atoms with Crippen molar-refractivity contribution in [2.75, 3.05) is 33.0 Å². The number of epoxide rings is 2. The Bertz CT molecular complexity index is 492. The summed E-state index contributed by atoms with van der Waals surface area (Å²) in [5.74, 6) is -1.68. The second kappa shape index (κ2) is 8.93. The van der Waals surface area contributed by atoms with Crippen LogP contribution in [-0.2, 0) is 28.5 Å². The van der Waals surface area contributed by atoms with Crippen molar-refractivity contribution in [2.45, 2.75) is 30.7 Å². The number of carboxylic acid groups (broad SMARTS) is 1. The number of rotatable bonds is 12. The summed E-state index contributed by atoms with van der Waals surface area (Å²) in [6.45, 7) is 1.54. The van der Waals surface area contributed by atoms with E-state index in [2.05, 4.69) is 0 Å². The van der Waals surface area contributed by atoms with Gasteiger partial charge >= 0.3 is 11.9 Å². The fourth-order valence-electron chi connectivity index (χ4n) is 2.00. The van der Waals surface area contributed by atoms with E-state index in [1.54, 1.807) is 0 Å². The molecule has 0 aromatic rings. The first-order chi connectivity index (χ1) is 11.6. The van der Waals surface area contributed by atoms with Crippen LogP contribution in [-0.4, -0.2) is 73.0 Å². The molecule has 24 heavy (non-hydrogen) atoms. The first-order valence-corrected chi connectivity index (χ1v) is 7.82. The second-order valence-electron chi connectivity index (χ2n) is 5.54. The third-order valence-corrected chi connectivity index (χ3v) is 3.52. The van der Waals surface area contributed by atoms with Crippen molar-refractivity contribution in [2.24, 2.45) is 0 Å². The number of hydrogen-bond donors (Lipinski definition) is 2. The van der Waals surface area contributed by atoms with Crippen LogP contribution >= 0.6 is 0 Å². The zero-order chi connectivity index (χ0) is 17.4. The lowest BCUT2D eigenvalue weighted by molar-refractivity contribution is -0.138. The van der Waals surface area contributed by atoms with Crippen molar-refractivity contribution >= 4 is 11.9 Å². The molecule has 2 rings (SSSR count). The normalized spacial score (nSPS) is 24.9. The number of carbonyl (C=O) groups excluding carboxylic acids is 1. The quantitative estimate of drug-likeness (QED) is 0.221.